The van der Waals surface area contributed by atoms with Gasteiger partial charge in [0.15, 0.2) is 0 Å². The van der Waals surface area contributed by atoms with Crippen LogP contribution in [0.5, 0.6) is 0 Å². The van der Waals surface area contributed by atoms with Gasteiger partial charge in [0, 0.05) is 18.3 Å². The van der Waals surface area contributed by atoms with Crippen molar-refractivity contribution in [2.75, 3.05) is 11.9 Å². The summed E-state index contributed by atoms with van der Waals surface area (Å²) >= 11 is 0. The summed E-state index contributed by atoms with van der Waals surface area (Å²) in [5, 5.41) is 3.25. The van der Waals surface area contributed by atoms with Gasteiger partial charge in [0.2, 0.25) is 5.95 Å². The molecule has 96 valence electrons. The number of benzene rings is 1. The highest BCUT2D eigenvalue weighted by atomic mass is 19.1. The lowest BCUT2D eigenvalue weighted by Gasteiger charge is -2.09. The minimum Gasteiger partial charge on any atom is -0.356 e. The van der Waals surface area contributed by atoms with Crippen molar-refractivity contribution in [1.82, 2.24) is 9.55 Å². The van der Waals surface area contributed by atoms with Crippen LogP contribution in [0.2, 0.25) is 0 Å². The average molecular weight is 247 g/mol. The van der Waals surface area contributed by atoms with Gasteiger partial charge in [-0.2, -0.15) is 0 Å². The summed E-state index contributed by atoms with van der Waals surface area (Å²) in [6.07, 6.45) is 2.97. The van der Waals surface area contributed by atoms with Crippen LogP contribution in [0.3, 0.4) is 0 Å². The Morgan fingerprint density at radius 3 is 2.83 bits per heavy atom. The van der Waals surface area contributed by atoms with Crippen LogP contribution in [-0.2, 0) is 6.54 Å². The zero-order valence-electron chi connectivity index (χ0n) is 10.8. The average Bonchev–Trinajstić information content (AvgIpc) is 2.70. The van der Waals surface area contributed by atoms with Crippen molar-refractivity contribution in [2.45, 2.75) is 26.8 Å². The molecule has 1 N–H and O–H groups in total. The van der Waals surface area contributed by atoms with E-state index in [9.17, 15) is 4.39 Å². The molecule has 0 fully saturated rings. The molecule has 1 aromatic carbocycles. The SMILES string of the molecule is CCCNc1nc(C)cn1Cc1ccccc1F. The number of hydrogen-bond acceptors (Lipinski definition) is 2. The summed E-state index contributed by atoms with van der Waals surface area (Å²) in [6.45, 7) is 5.41. The Labute approximate surface area is 107 Å². The van der Waals surface area contributed by atoms with Gasteiger partial charge in [-0.15, -0.1) is 0 Å². The maximum atomic E-state index is 13.6. The molecule has 0 atom stereocenters. The number of imidazole rings is 1. The molecule has 0 aliphatic heterocycles. The molecule has 0 unspecified atom stereocenters. The van der Waals surface area contributed by atoms with Gasteiger partial charge >= 0.3 is 0 Å². The Kier molecular flexibility index (Phi) is 3.97. The Morgan fingerprint density at radius 1 is 1.33 bits per heavy atom. The molecular weight excluding hydrogens is 229 g/mol. The third-order valence-electron chi connectivity index (χ3n) is 2.73. The lowest BCUT2D eigenvalue weighted by Crippen LogP contribution is -2.09. The van der Waals surface area contributed by atoms with E-state index in [4.69, 9.17) is 0 Å². The molecule has 0 bridgehead atoms. The molecule has 0 spiro atoms. The Bertz CT molecular complexity index is 520. The topological polar surface area (TPSA) is 29.9 Å². The van der Waals surface area contributed by atoms with Crippen molar-refractivity contribution >= 4 is 5.95 Å². The van der Waals surface area contributed by atoms with Crippen LogP contribution < -0.4 is 5.32 Å². The molecule has 0 saturated carbocycles. The Hall–Kier alpha value is -1.84. The zero-order chi connectivity index (χ0) is 13.0. The first-order chi connectivity index (χ1) is 8.70. The smallest absolute Gasteiger partial charge is 0.203 e. The van der Waals surface area contributed by atoms with Crippen molar-refractivity contribution in [2.24, 2.45) is 0 Å². The molecule has 4 heteroatoms. The van der Waals surface area contributed by atoms with Crippen LogP contribution in [0.25, 0.3) is 0 Å². The predicted molar refractivity (Wildman–Crippen MR) is 71.2 cm³/mol. The highest BCUT2D eigenvalue weighted by Crippen LogP contribution is 2.14. The van der Waals surface area contributed by atoms with Crippen molar-refractivity contribution in [3.63, 3.8) is 0 Å². The van der Waals surface area contributed by atoms with Crippen LogP contribution in [0.1, 0.15) is 24.6 Å². The standard InChI is InChI=1S/C14H18FN3/c1-3-8-16-14-17-11(2)9-18(14)10-12-6-4-5-7-13(12)15/h4-7,9H,3,8,10H2,1-2H3,(H,16,17). The van der Waals surface area contributed by atoms with Crippen molar-refractivity contribution < 1.29 is 4.39 Å². The van der Waals surface area contributed by atoms with Crippen LogP contribution >= 0.6 is 0 Å². The molecule has 1 aromatic heterocycles. The lowest BCUT2D eigenvalue weighted by molar-refractivity contribution is 0.600. The third kappa shape index (κ3) is 2.88. The number of hydrogen-bond donors (Lipinski definition) is 1. The fourth-order valence-electron chi connectivity index (χ4n) is 1.86. The van der Waals surface area contributed by atoms with Crippen LogP contribution in [0, 0.1) is 12.7 Å². The number of nitrogens with one attached hydrogen (secondary N) is 1. The second-order valence-electron chi connectivity index (χ2n) is 4.35. The minimum atomic E-state index is -0.176. The molecule has 2 rings (SSSR count). The van der Waals surface area contributed by atoms with E-state index in [2.05, 4.69) is 17.2 Å². The van der Waals surface area contributed by atoms with E-state index in [0.29, 0.717) is 12.1 Å². The van der Waals surface area contributed by atoms with Gasteiger partial charge in [0.1, 0.15) is 5.82 Å². The molecule has 0 radical (unpaired) electrons. The summed E-state index contributed by atoms with van der Waals surface area (Å²) in [7, 11) is 0. The van der Waals surface area contributed by atoms with Crippen molar-refractivity contribution in [3.8, 4) is 0 Å². The van der Waals surface area contributed by atoms with E-state index in [1.807, 2.05) is 23.8 Å². The van der Waals surface area contributed by atoms with Gasteiger partial charge in [-0.1, -0.05) is 25.1 Å². The number of halogens is 1. The minimum absolute atomic E-state index is 0.176. The first-order valence-corrected chi connectivity index (χ1v) is 6.21. The van der Waals surface area contributed by atoms with E-state index in [0.717, 1.165) is 24.6 Å². The first-order valence-electron chi connectivity index (χ1n) is 6.21. The summed E-state index contributed by atoms with van der Waals surface area (Å²) in [4.78, 5) is 4.40. The largest absolute Gasteiger partial charge is 0.356 e. The maximum Gasteiger partial charge on any atom is 0.203 e. The van der Waals surface area contributed by atoms with Gasteiger partial charge in [-0.25, -0.2) is 9.37 Å². The first kappa shape index (κ1) is 12.6. The maximum absolute atomic E-state index is 13.6. The zero-order valence-corrected chi connectivity index (χ0v) is 10.8. The molecule has 2 aromatic rings. The van der Waals surface area contributed by atoms with Crippen LogP contribution in [0.15, 0.2) is 30.5 Å². The van der Waals surface area contributed by atoms with E-state index in [-0.39, 0.29) is 5.82 Å². The molecular formula is C14H18FN3. The van der Waals surface area contributed by atoms with Crippen LogP contribution in [-0.4, -0.2) is 16.1 Å². The second kappa shape index (κ2) is 5.67. The highest BCUT2D eigenvalue weighted by molar-refractivity contribution is 5.30. The molecule has 0 aliphatic carbocycles. The summed E-state index contributed by atoms with van der Waals surface area (Å²) in [5.74, 6) is 0.628. The monoisotopic (exact) mass is 247 g/mol. The second-order valence-corrected chi connectivity index (χ2v) is 4.35. The predicted octanol–water partition coefficient (Wildman–Crippen LogP) is 3.20. The van der Waals surface area contributed by atoms with Gasteiger partial charge in [-0.05, 0) is 19.4 Å². The van der Waals surface area contributed by atoms with E-state index in [1.54, 1.807) is 12.1 Å². The lowest BCUT2D eigenvalue weighted by atomic mass is 10.2. The Morgan fingerprint density at radius 2 is 2.11 bits per heavy atom. The van der Waals surface area contributed by atoms with Gasteiger partial charge in [-0.3, -0.25) is 0 Å². The molecule has 1 heterocycles. The fourth-order valence-corrected chi connectivity index (χ4v) is 1.86. The van der Waals surface area contributed by atoms with E-state index >= 15 is 0 Å². The van der Waals surface area contributed by atoms with Gasteiger partial charge in [0.05, 0.1) is 12.2 Å². The quantitative estimate of drug-likeness (QED) is 0.879. The summed E-state index contributed by atoms with van der Waals surface area (Å²) < 4.78 is 15.6. The van der Waals surface area contributed by atoms with Crippen LogP contribution in [0.4, 0.5) is 10.3 Å². The molecule has 3 nitrogen and oxygen atoms in total. The molecule has 18 heavy (non-hydrogen) atoms. The third-order valence-corrected chi connectivity index (χ3v) is 2.73. The molecule has 0 aliphatic rings. The van der Waals surface area contributed by atoms with Gasteiger partial charge < -0.3 is 9.88 Å². The van der Waals surface area contributed by atoms with Crippen molar-refractivity contribution in [3.05, 3.63) is 47.5 Å². The number of nitrogens with zero attached hydrogens (tertiary/aromatic N) is 2. The van der Waals surface area contributed by atoms with Crippen molar-refractivity contribution in [1.29, 1.82) is 0 Å². The fraction of sp³-hybridized carbons (Fsp3) is 0.357. The number of rotatable bonds is 5. The number of aryl methyl sites for hydroxylation is 1. The summed E-state index contributed by atoms with van der Waals surface area (Å²) in [6, 6.07) is 6.84. The van der Waals surface area contributed by atoms with E-state index < -0.39 is 0 Å². The highest BCUT2D eigenvalue weighted by Gasteiger charge is 2.07. The Balaban J connectivity index is 2.20. The normalized spacial score (nSPS) is 10.6. The number of anilines is 1. The number of aromatic nitrogens is 2. The van der Waals surface area contributed by atoms with E-state index in [1.165, 1.54) is 6.07 Å². The molecule has 0 saturated heterocycles. The summed E-state index contributed by atoms with van der Waals surface area (Å²) in [5.41, 5.74) is 1.61. The molecule has 0 amide bonds. The van der Waals surface area contributed by atoms with Gasteiger partial charge in [0.25, 0.3) is 0 Å².